The molecule has 0 radical (unpaired) electrons. The van der Waals surface area contributed by atoms with Gasteiger partial charge in [-0.2, -0.15) is 13.2 Å². The molecule has 19 heavy (non-hydrogen) atoms. The van der Waals surface area contributed by atoms with Crippen molar-refractivity contribution < 1.29 is 13.2 Å². The number of alkyl halides is 3. The van der Waals surface area contributed by atoms with E-state index in [-0.39, 0.29) is 6.54 Å². The summed E-state index contributed by atoms with van der Waals surface area (Å²) in [5.74, 6) is 0.408. The summed E-state index contributed by atoms with van der Waals surface area (Å²) in [6.07, 6.45) is -4.41. The number of guanidine groups is 1. The van der Waals surface area contributed by atoms with E-state index < -0.39 is 11.9 Å². The standard InChI is InChI=1S/C10H12ClF3N4S/c1-6(11)3-16-9(15-2)17-4-8-18-7(5-19-8)10(12,13)14/h5H,1,3-4H2,2H3,(H2,15,16,17). The molecule has 0 amide bonds. The second-order valence-electron chi connectivity index (χ2n) is 3.42. The Bertz CT molecular complexity index is 470. The van der Waals surface area contributed by atoms with E-state index in [4.69, 9.17) is 11.6 Å². The summed E-state index contributed by atoms with van der Waals surface area (Å²) in [5, 5.41) is 7.36. The number of hydrogen-bond acceptors (Lipinski definition) is 3. The molecule has 9 heteroatoms. The van der Waals surface area contributed by atoms with Gasteiger partial charge in [-0.25, -0.2) is 4.98 Å². The monoisotopic (exact) mass is 312 g/mol. The highest BCUT2D eigenvalue weighted by Gasteiger charge is 2.33. The van der Waals surface area contributed by atoms with Crippen LogP contribution in [0, 0.1) is 0 Å². The third-order valence-corrected chi connectivity index (χ3v) is 2.90. The molecular weight excluding hydrogens is 301 g/mol. The molecule has 0 aliphatic carbocycles. The maximum atomic E-state index is 12.3. The van der Waals surface area contributed by atoms with Crippen LogP contribution >= 0.6 is 22.9 Å². The van der Waals surface area contributed by atoms with Gasteiger partial charge in [0.1, 0.15) is 5.01 Å². The van der Waals surface area contributed by atoms with Gasteiger partial charge in [0, 0.05) is 17.5 Å². The van der Waals surface area contributed by atoms with Crippen LogP contribution in [0.25, 0.3) is 0 Å². The number of aliphatic imine (C=N–C) groups is 1. The van der Waals surface area contributed by atoms with Crippen LogP contribution in [0.15, 0.2) is 22.0 Å². The highest BCUT2D eigenvalue weighted by atomic mass is 35.5. The third-order valence-electron chi connectivity index (χ3n) is 1.92. The zero-order valence-corrected chi connectivity index (χ0v) is 11.6. The van der Waals surface area contributed by atoms with E-state index in [9.17, 15) is 13.2 Å². The van der Waals surface area contributed by atoms with E-state index in [0.717, 1.165) is 16.7 Å². The minimum absolute atomic E-state index is 0.148. The van der Waals surface area contributed by atoms with Gasteiger partial charge in [-0.1, -0.05) is 18.2 Å². The van der Waals surface area contributed by atoms with E-state index in [1.807, 2.05) is 0 Å². The molecule has 0 saturated carbocycles. The Morgan fingerprint density at radius 3 is 2.68 bits per heavy atom. The Kier molecular flexibility index (Phi) is 5.61. The van der Waals surface area contributed by atoms with Crippen molar-refractivity contribution in [3.05, 3.63) is 27.7 Å². The SMILES string of the molecule is C=C(Cl)CNC(=NC)NCc1nc(C(F)(F)F)cs1. The Labute approximate surface area is 117 Å². The molecule has 1 heterocycles. The summed E-state index contributed by atoms with van der Waals surface area (Å²) in [7, 11) is 1.54. The van der Waals surface area contributed by atoms with Crippen LogP contribution in [0.4, 0.5) is 13.2 Å². The largest absolute Gasteiger partial charge is 0.434 e. The van der Waals surface area contributed by atoms with Crippen molar-refractivity contribution in [3.63, 3.8) is 0 Å². The summed E-state index contributed by atoms with van der Waals surface area (Å²) >= 11 is 6.51. The van der Waals surface area contributed by atoms with Crippen LogP contribution in [0.1, 0.15) is 10.7 Å². The second-order valence-corrected chi connectivity index (χ2v) is 4.90. The van der Waals surface area contributed by atoms with Crippen molar-refractivity contribution in [1.82, 2.24) is 15.6 Å². The molecule has 0 bridgehead atoms. The normalized spacial score (nSPS) is 12.4. The number of hydrogen-bond donors (Lipinski definition) is 2. The minimum Gasteiger partial charge on any atom is -0.351 e. The van der Waals surface area contributed by atoms with Crippen molar-refractivity contribution in [2.45, 2.75) is 12.7 Å². The molecule has 4 nitrogen and oxygen atoms in total. The first-order valence-electron chi connectivity index (χ1n) is 5.12. The lowest BCUT2D eigenvalue weighted by atomic mass is 10.5. The van der Waals surface area contributed by atoms with Crippen molar-refractivity contribution in [1.29, 1.82) is 0 Å². The lowest BCUT2D eigenvalue weighted by Gasteiger charge is -2.09. The highest BCUT2D eigenvalue weighted by Crippen LogP contribution is 2.29. The average molecular weight is 313 g/mol. The topological polar surface area (TPSA) is 49.3 Å². The molecule has 0 saturated heterocycles. The van der Waals surface area contributed by atoms with Crippen LogP contribution in [-0.2, 0) is 12.7 Å². The number of thiazole rings is 1. The smallest absolute Gasteiger partial charge is 0.351 e. The van der Waals surface area contributed by atoms with Crippen molar-refractivity contribution in [2.75, 3.05) is 13.6 Å². The average Bonchev–Trinajstić information content (AvgIpc) is 2.77. The molecule has 0 unspecified atom stereocenters. The number of nitrogens with one attached hydrogen (secondary N) is 2. The van der Waals surface area contributed by atoms with Gasteiger partial charge >= 0.3 is 6.18 Å². The Balaban J connectivity index is 2.52. The Morgan fingerprint density at radius 2 is 2.21 bits per heavy atom. The van der Waals surface area contributed by atoms with Gasteiger partial charge in [-0.3, -0.25) is 4.99 Å². The fourth-order valence-electron chi connectivity index (χ4n) is 1.08. The zero-order valence-electron chi connectivity index (χ0n) is 10.0. The third kappa shape index (κ3) is 5.48. The van der Waals surface area contributed by atoms with Crippen molar-refractivity contribution in [3.8, 4) is 0 Å². The molecule has 1 aromatic rings. The molecule has 0 atom stereocenters. The van der Waals surface area contributed by atoms with Crippen molar-refractivity contribution >= 4 is 28.9 Å². The van der Waals surface area contributed by atoms with Gasteiger partial charge in [0.05, 0.1) is 13.1 Å². The van der Waals surface area contributed by atoms with Crippen LogP contribution < -0.4 is 10.6 Å². The van der Waals surface area contributed by atoms with Crippen LogP contribution in [-0.4, -0.2) is 24.5 Å². The van der Waals surface area contributed by atoms with Gasteiger partial charge in [-0.15, -0.1) is 11.3 Å². The fourth-order valence-corrected chi connectivity index (χ4v) is 1.89. The molecule has 0 aliphatic rings. The first kappa shape index (κ1) is 15.8. The number of rotatable bonds is 4. The second kappa shape index (κ2) is 6.76. The van der Waals surface area contributed by atoms with E-state index in [0.29, 0.717) is 22.5 Å². The molecule has 0 spiro atoms. The lowest BCUT2D eigenvalue weighted by Crippen LogP contribution is -2.37. The molecule has 106 valence electrons. The number of halogens is 4. The number of aromatic nitrogens is 1. The first-order chi connectivity index (χ1) is 8.82. The molecule has 1 rings (SSSR count). The molecule has 0 aliphatic heterocycles. The van der Waals surface area contributed by atoms with E-state index in [1.165, 1.54) is 7.05 Å². The highest BCUT2D eigenvalue weighted by molar-refractivity contribution is 7.09. The maximum Gasteiger partial charge on any atom is 0.434 e. The van der Waals surface area contributed by atoms with E-state index in [2.05, 4.69) is 27.2 Å². The molecule has 0 aromatic carbocycles. The Morgan fingerprint density at radius 1 is 1.53 bits per heavy atom. The van der Waals surface area contributed by atoms with Crippen LogP contribution in [0.2, 0.25) is 0 Å². The molecule has 0 fully saturated rings. The predicted octanol–water partition coefficient (Wildman–Crippen LogP) is 2.58. The van der Waals surface area contributed by atoms with Gasteiger partial charge in [-0.05, 0) is 0 Å². The summed E-state index contributed by atoms with van der Waals surface area (Å²) in [6, 6.07) is 0. The van der Waals surface area contributed by atoms with Gasteiger partial charge < -0.3 is 10.6 Å². The molecular formula is C10H12ClF3N4S. The Hall–Kier alpha value is -1.28. The van der Waals surface area contributed by atoms with Crippen LogP contribution in [0.5, 0.6) is 0 Å². The molecule has 2 N–H and O–H groups in total. The summed E-state index contributed by atoms with van der Waals surface area (Å²) < 4.78 is 37.0. The fraction of sp³-hybridized carbons (Fsp3) is 0.400. The van der Waals surface area contributed by atoms with Gasteiger partial charge in [0.25, 0.3) is 0 Å². The minimum atomic E-state index is -4.41. The predicted molar refractivity (Wildman–Crippen MR) is 70.3 cm³/mol. The quantitative estimate of drug-likeness (QED) is 0.663. The first-order valence-corrected chi connectivity index (χ1v) is 6.38. The van der Waals surface area contributed by atoms with Gasteiger partial charge in [0.2, 0.25) is 0 Å². The maximum absolute atomic E-state index is 12.3. The van der Waals surface area contributed by atoms with Gasteiger partial charge in [0.15, 0.2) is 11.7 Å². The summed E-state index contributed by atoms with van der Waals surface area (Å²) in [4.78, 5) is 7.37. The molecule has 1 aromatic heterocycles. The van der Waals surface area contributed by atoms with E-state index >= 15 is 0 Å². The zero-order chi connectivity index (χ0) is 14.5. The number of nitrogens with zero attached hydrogens (tertiary/aromatic N) is 2. The van der Waals surface area contributed by atoms with E-state index in [1.54, 1.807) is 0 Å². The summed E-state index contributed by atoms with van der Waals surface area (Å²) in [5.41, 5.74) is -0.883. The van der Waals surface area contributed by atoms with Crippen molar-refractivity contribution in [2.24, 2.45) is 4.99 Å². The van der Waals surface area contributed by atoms with Crippen LogP contribution in [0.3, 0.4) is 0 Å². The lowest BCUT2D eigenvalue weighted by molar-refractivity contribution is -0.140. The summed E-state index contributed by atoms with van der Waals surface area (Å²) in [6.45, 7) is 3.96.